The van der Waals surface area contributed by atoms with E-state index in [1.807, 2.05) is 32.0 Å². The lowest BCUT2D eigenvalue weighted by Crippen LogP contribution is -2.32. The first-order valence-corrected chi connectivity index (χ1v) is 6.31. The molecule has 0 saturated carbocycles. The molecular formula is C14H21NO4. The first-order valence-electron chi connectivity index (χ1n) is 6.31. The highest BCUT2D eigenvalue weighted by Gasteiger charge is 2.09. The molecule has 1 atom stereocenters. The maximum atomic E-state index is 10.5. The van der Waals surface area contributed by atoms with Gasteiger partial charge in [0.1, 0.15) is 0 Å². The predicted molar refractivity (Wildman–Crippen MR) is 73.0 cm³/mol. The molecule has 0 radical (unpaired) electrons. The molecule has 0 aliphatic rings. The van der Waals surface area contributed by atoms with E-state index in [2.05, 4.69) is 5.32 Å². The SMILES string of the molecule is CCOc1cc(CC(C)NCC(=O)O)ccc1OC. The Morgan fingerprint density at radius 3 is 2.74 bits per heavy atom. The van der Waals surface area contributed by atoms with E-state index in [0.29, 0.717) is 18.1 Å². The van der Waals surface area contributed by atoms with Crippen molar-refractivity contribution in [2.45, 2.75) is 26.3 Å². The van der Waals surface area contributed by atoms with Crippen LogP contribution >= 0.6 is 0 Å². The van der Waals surface area contributed by atoms with E-state index in [4.69, 9.17) is 14.6 Å². The second-order valence-corrected chi connectivity index (χ2v) is 4.30. The third-order valence-corrected chi connectivity index (χ3v) is 2.67. The topological polar surface area (TPSA) is 67.8 Å². The summed E-state index contributed by atoms with van der Waals surface area (Å²) in [6, 6.07) is 5.84. The van der Waals surface area contributed by atoms with Crippen molar-refractivity contribution in [3.05, 3.63) is 23.8 Å². The Morgan fingerprint density at radius 2 is 2.16 bits per heavy atom. The third-order valence-electron chi connectivity index (χ3n) is 2.67. The highest BCUT2D eigenvalue weighted by Crippen LogP contribution is 2.28. The molecule has 0 aromatic heterocycles. The van der Waals surface area contributed by atoms with E-state index < -0.39 is 5.97 Å². The maximum Gasteiger partial charge on any atom is 0.317 e. The summed E-state index contributed by atoms with van der Waals surface area (Å²) < 4.78 is 10.7. The molecule has 5 heteroatoms. The van der Waals surface area contributed by atoms with E-state index in [1.54, 1.807) is 7.11 Å². The second-order valence-electron chi connectivity index (χ2n) is 4.30. The summed E-state index contributed by atoms with van der Waals surface area (Å²) in [5.41, 5.74) is 1.08. The van der Waals surface area contributed by atoms with E-state index >= 15 is 0 Å². The normalized spacial score (nSPS) is 11.9. The van der Waals surface area contributed by atoms with Crippen LogP contribution in [0.4, 0.5) is 0 Å². The molecule has 0 amide bonds. The minimum Gasteiger partial charge on any atom is -0.493 e. The van der Waals surface area contributed by atoms with Gasteiger partial charge in [-0.15, -0.1) is 0 Å². The van der Waals surface area contributed by atoms with Crippen molar-refractivity contribution >= 4 is 5.97 Å². The van der Waals surface area contributed by atoms with Crippen LogP contribution in [0.3, 0.4) is 0 Å². The number of carbonyl (C=O) groups is 1. The Labute approximate surface area is 113 Å². The zero-order valence-electron chi connectivity index (χ0n) is 11.6. The minimum atomic E-state index is -0.850. The molecule has 0 aliphatic heterocycles. The quantitative estimate of drug-likeness (QED) is 0.750. The molecule has 1 aromatic rings. The fraction of sp³-hybridized carbons (Fsp3) is 0.500. The monoisotopic (exact) mass is 267 g/mol. The van der Waals surface area contributed by atoms with E-state index in [9.17, 15) is 4.79 Å². The number of aliphatic carboxylic acids is 1. The highest BCUT2D eigenvalue weighted by molar-refractivity contribution is 5.69. The molecule has 1 unspecified atom stereocenters. The summed E-state index contributed by atoms with van der Waals surface area (Å²) in [5.74, 6) is 0.571. The van der Waals surface area contributed by atoms with Crippen LogP contribution in [-0.4, -0.2) is 37.4 Å². The smallest absolute Gasteiger partial charge is 0.317 e. The van der Waals surface area contributed by atoms with Crippen LogP contribution in [0.1, 0.15) is 19.4 Å². The number of nitrogens with one attached hydrogen (secondary N) is 1. The van der Waals surface area contributed by atoms with Crippen molar-refractivity contribution in [1.29, 1.82) is 0 Å². The first kappa shape index (κ1) is 15.3. The van der Waals surface area contributed by atoms with Crippen molar-refractivity contribution in [1.82, 2.24) is 5.32 Å². The second kappa shape index (κ2) is 7.63. The van der Waals surface area contributed by atoms with Gasteiger partial charge in [-0.05, 0) is 38.0 Å². The van der Waals surface area contributed by atoms with Gasteiger partial charge in [0.2, 0.25) is 0 Å². The Bertz CT molecular complexity index is 420. The van der Waals surface area contributed by atoms with Gasteiger partial charge in [-0.25, -0.2) is 0 Å². The molecule has 0 saturated heterocycles. The van der Waals surface area contributed by atoms with Crippen LogP contribution < -0.4 is 14.8 Å². The molecule has 5 nitrogen and oxygen atoms in total. The van der Waals surface area contributed by atoms with Crippen LogP contribution in [-0.2, 0) is 11.2 Å². The van der Waals surface area contributed by atoms with Crippen molar-refractivity contribution in [2.75, 3.05) is 20.3 Å². The Balaban J connectivity index is 2.67. The Kier molecular flexibility index (Phi) is 6.15. The lowest BCUT2D eigenvalue weighted by Gasteiger charge is -2.15. The lowest BCUT2D eigenvalue weighted by atomic mass is 10.1. The van der Waals surface area contributed by atoms with Crippen molar-refractivity contribution in [3.63, 3.8) is 0 Å². The molecular weight excluding hydrogens is 246 g/mol. The van der Waals surface area contributed by atoms with E-state index in [1.165, 1.54) is 0 Å². The number of methoxy groups -OCH3 is 1. The summed E-state index contributed by atoms with van der Waals surface area (Å²) in [6.07, 6.45) is 0.733. The standard InChI is InChI=1S/C14H21NO4/c1-4-19-13-8-11(5-6-12(13)18-3)7-10(2)15-9-14(16)17/h5-6,8,10,15H,4,7,9H2,1-3H3,(H,16,17). The number of benzene rings is 1. The van der Waals surface area contributed by atoms with Crippen LogP contribution in [0.5, 0.6) is 11.5 Å². The molecule has 0 spiro atoms. The van der Waals surface area contributed by atoms with Crippen LogP contribution in [0, 0.1) is 0 Å². The summed E-state index contributed by atoms with van der Waals surface area (Å²) in [7, 11) is 1.61. The molecule has 2 N–H and O–H groups in total. The van der Waals surface area contributed by atoms with Gasteiger partial charge in [0.15, 0.2) is 11.5 Å². The van der Waals surface area contributed by atoms with Crippen molar-refractivity contribution in [2.24, 2.45) is 0 Å². The molecule has 19 heavy (non-hydrogen) atoms. The van der Waals surface area contributed by atoms with Gasteiger partial charge in [-0.2, -0.15) is 0 Å². The zero-order valence-corrected chi connectivity index (χ0v) is 11.6. The number of carboxylic acids is 1. The molecule has 1 rings (SSSR count). The number of hydrogen-bond donors (Lipinski definition) is 2. The van der Waals surface area contributed by atoms with Gasteiger partial charge in [0, 0.05) is 6.04 Å². The Morgan fingerprint density at radius 1 is 1.42 bits per heavy atom. The van der Waals surface area contributed by atoms with Gasteiger partial charge >= 0.3 is 5.97 Å². The summed E-state index contributed by atoms with van der Waals surface area (Å²) in [6.45, 7) is 4.42. The predicted octanol–water partition coefficient (Wildman–Crippen LogP) is 1.70. The third kappa shape index (κ3) is 5.18. The van der Waals surface area contributed by atoms with Crippen LogP contribution in [0.25, 0.3) is 0 Å². The number of ether oxygens (including phenoxy) is 2. The highest BCUT2D eigenvalue weighted by atomic mass is 16.5. The van der Waals surface area contributed by atoms with Gasteiger partial charge in [-0.3, -0.25) is 4.79 Å². The fourth-order valence-electron chi connectivity index (χ4n) is 1.80. The van der Waals surface area contributed by atoms with Gasteiger partial charge in [0.05, 0.1) is 20.3 Å². The van der Waals surface area contributed by atoms with Crippen molar-refractivity contribution < 1.29 is 19.4 Å². The van der Waals surface area contributed by atoms with Crippen molar-refractivity contribution in [3.8, 4) is 11.5 Å². The number of rotatable bonds is 8. The largest absolute Gasteiger partial charge is 0.493 e. The molecule has 0 fully saturated rings. The van der Waals surface area contributed by atoms with E-state index in [-0.39, 0.29) is 12.6 Å². The van der Waals surface area contributed by atoms with Crippen LogP contribution in [0.15, 0.2) is 18.2 Å². The van der Waals surface area contributed by atoms with Crippen LogP contribution in [0.2, 0.25) is 0 Å². The average Bonchev–Trinajstić information content (AvgIpc) is 2.37. The molecule has 0 heterocycles. The zero-order chi connectivity index (χ0) is 14.3. The Hall–Kier alpha value is -1.75. The van der Waals surface area contributed by atoms with Gasteiger partial charge in [-0.1, -0.05) is 6.07 Å². The molecule has 0 bridgehead atoms. The maximum absolute atomic E-state index is 10.5. The molecule has 106 valence electrons. The van der Waals surface area contributed by atoms with Gasteiger partial charge < -0.3 is 19.9 Å². The molecule has 0 aliphatic carbocycles. The summed E-state index contributed by atoms with van der Waals surface area (Å²) in [4.78, 5) is 10.5. The number of hydrogen-bond acceptors (Lipinski definition) is 4. The number of carboxylic acid groups (broad SMARTS) is 1. The van der Waals surface area contributed by atoms with E-state index in [0.717, 1.165) is 12.0 Å². The fourth-order valence-corrected chi connectivity index (χ4v) is 1.80. The summed E-state index contributed by atoms with van der Waals surface area (Å²) in [5, 5.41) is 11.6. The minimum absolute atomic E-state index is 0.0321. The lowest BCUT2D eigenvalue weighted by molar-refractivity contribution is -0.136. The first-order chi connectivity index (χ1) is 9.06. The van der Waals surface area contributed by atoms with Gasteiger partial charge in [0.25, 0.3) is 0 Å². The molecule has 1 aromatic carbocycles. The summed E-state index contributed by atoms with van der Waals surface area (Å²) >= 11 is 0. The average molecular weight is 267 g/mol.